The Bertz CT molecular complexity index is 908. The van der Waals surface area contributed by atoms with Crippen molar-refractivity contribution in [2.75, 3.05) is 13.1 Å². The molecule has 130 valence electrons. The molecule has 2 atom stereocenters. The van der Waals surface area contributed by atoms with Gasteiger partial charge in [-0.3, -0.25) is 14.2 Å². The molecule has 1 saturated heterocycles. The molecule has 24 heavy (non-hydrogen) atoms. The summed E-state index contributed by atoms with van der Waals surface area (Å²) in [5, 5.41) is 3.30. The van der Waals surface area contributed by atoms with E-state index in [0.717, 1.165) is 4.57 Å². The zero-order valence-corrected chi connectivity index (χ0v) is 14.3. The Morgan fingerprint density at radius 3 is 2.75 bits per heavy atom. The number of fused-ring (bicyclic) bond motifs is 1. The Labute approximate surface area is 138 Å². The Morgan fingerprint density at radius 1 is 1.33 bits per heavy atom. The van der Waals surface area contributed by atoms with E-state index in [9.17, 15) is 14.4 Å². The molecule has 0 radical (unpaired) electrons. The predicted octanol–water partition coefficient (Wildman–Crippen LogP) is -1.36. The fourth-order valence-corrected chi connectivity index (χ4v) is 3.17. The lowest BCUT2D eigenvalue weighted by molar-refractivity contribution is -0.135. The van der Waals surface area contributed by atoms with E-state index in [-0.39, 0.29) is 24.5 Å². The molecule has 0 aromatic carbocycles. The first kappa shape index (κ1) is 16.4. The summed E-state index contributed by atoms with van der Waals surface area (Å²) in [6, 6.07) is 0.174. The first-order valence-electron chi connectivity index (χ1n) is 7.96. The smallest absolute Gasteiger partial charge is 0.332 e. The molecule has 3 rings (SSSR count). The molecule has 2 aromatic heterocycles. The van der Waals surface area contributed by atoms with Gasteiger partial charge in [0.15, 0.2) is 11.2 Å². The van der Waals surface area contributed by atoms with Crippen LogP contribution in [0.3, 0.4) is 0 Å². The van der Waals surface area contributed by atoms with Gasteiger partial charge in [-0.15, -0.1) is 0 Å². The number of aromatic nitrogens is 4. The van der Waals surface area contributed by atoms with Gasteiger partial charge in [0.25, 0.3) is 5.56 Å². The topological polar surface area (TPSA) is 94.2 Å². The van der Waals surface area contributed by atoms with E-state index in [1.54, 1.807) is 23.6 Å². The van der Waals surface area contributed by atoms with Gasteiger partial charge in [0, 0.05) is 39.3 Å². The normalized spacial score (nSPS) is 21.4. The number of rotatable bonds is 2. The van der Waals surface area contributed by atoms with Gasteiger partial charge in [0.1, 0.15) is 6.54 Å². The quantitative estimate of drug-likeness (QED) is 0.732. The second-order valence-electron chi connectivity index (χ2n) is 6.33. The molecule has 0 aliphatic carbocycles. The first-order valence-corrected chi connectivity index (χ1v) is 7.96. The lowest BCUT2D eigenvalue weighted by Gasteiger charge is -2.38. The highest BCUT2D eigenvalue weighted by molar-refractivity contribution is 5.77. The van der Waals surface area contributed by atoms with Crippen LogP contribution in [0.15, 0.2) is 15.9 Å². The number of nitrogens with one attached hydrogen (secondary N) is 1. The van der Waals surface area contributed by atoms with Crippen molar-refractivity contribution in [2.45, 2.75) is 32.5 Å². The number of hydrogen-bond acceptors (Lipinski definition) is 5. The van der Waals surface area contributed by atoms with Gasteiger partial charge in [-0.2, -0.15) is 0 Å². The molecule has 0 saturated carbocycles. The van der Waals surface area contributed by atoms with Crippen molar-refractivity contribution in [1.29, 1.82) is 0 Å². The van der Waals surface area contributed by atoms with Crippen LogP contribution >= 0.6 is 0 Å². The number of nitrogens with zero attached hydrogens (tertiary/aromatic N) is 5. The number of carbonyl (C=O) groups excluding carboxylic acids is 1. The molecule has 1 amide bonds. The van der Waals surface area contributed by atoms with E-state index < -0.39 is 11.2 Å². The summed E-state index contributed by atoms with van der Waals surface area (Å²) in [6.45, 7) is 4.97. The number of carbonyl (C=O) groups is 1. The van der Waals surface area contributed by atoms with Crippen LogP contribution in [0.25, 0.3) is 11.2 Å². The lowest BCUT2D eigenvalue weighted by Crippen LogP contribution is -2.58. The Morgan fingerprint density at radius 2 is 2.04 bits per heavy atom. The molecule has 1 aliphatic rings. The summed E-state index contributed by atoms with van der Waals surface area (Å²) in [5.74, 6) is -0.225. The number of piperazine rings is 1. The van der Waals surface area contributed by atoms with E-state index in [1.807, 2.05) is 13.8 Å². The number of hydrogen-bond donors (Lipinski definition) is 1. The van der Waals surface area contributed by atoms with Crippen molar-refractivity contribution in [3.8, 4) is 0 Å². The van der Waals surface area contributed by atoms with Gasteiger partial charge in [-0.1, -0.05) is 0 Å². The highest BCUT2D eigenvalue weighted by atomic mass is 16.2. The number of imidazole rings is 1. The molecular formula is C15H22N6O3. The fourth-order valence-electron chi connectivity index (χ4n) is 3.17. The Hall–Kier alpha value is -2.42. The molecule has 0 spiro atoms. The van der Waals surface area contributed by atoms with E-state index in [2.05, 4.69) is 10.3 Å². The average molecular weight is 334 g/mol. The minimum Gasteiger partial charge on any atom is -0.336 e. The monoisotopic (exact) mass is 334 g/mol. The number of aryl methyl sites for hydroxylation is 2. The van der Waals surface area contributed by atoms with Crippen LogP contribution in [0.4, 0.5) is 0 Å². The van der Waals surface area contributed by atoms with Crippen LogP contribution in [0.5, 0.6) is 0 Å². The standard InChI is InChI=1S/C15H22N6O3/c1-9-10(2)20(6-5-16-9)11(22)7-21-14(23)12-13(17-8-18(12)3)19(4)15(21)24/h8-10,16H,5-7H2,1-4H3. The lowest BCUT2D eigenvalue weighted by atomic mass is 10.1. The summed E-state index contributed by atoms with van der Waals surface area (Å²) in [5.41, 5.74) is -0.389. The van der Waals surface area contributed by atoms with Crippen LogP contribution in [0.2, 0.25) is 0 Å². The summed E-state index contributed by atoms with van der Waals surface area (Å²) in [7, 11) is 3.24. The van der Waals surface area contributed by atoms with Gasteiger partial charge in [-0.25, -0.2) is 14.3 Å². The van der Waals surface area contributed by atoms with Crippen molar-refractivity contribution in [1.82, 2.24) is 28.9 Å². The van der Waals surface area contributed by atoms with Crippen molar-refractivity contribution < 1.29 is 4.79 Å². The molecule has 1 fully saturated rings. The summed E-state index contributed by atoms with van der Waals surface area (Å²) >= 11 is 0. The summed E-state index contributed by atoms with van der Waals surface area (Å²) in [4.78, 5) is 43.6. The van der Waals surface area contributed by atoms with Crippen molar-refractivity contribution >= 4 is 17.1 Å². The maximum absolute atomic E-state index is 12.7. The number of amides is 1. The van der Waals surface area contributed by atoms with Gasteiger partial charge in [-0.05, 0) is 13.8 Å². The van der Waals surface area contributed by atoms with Crippen LogP contribution in [-0.2, 0) is 25.4 Å². The zero-order valence-electron chi connectivity index (χ0n) is 14.3. The minimum atomic E-state index is -0.532. The summed E-state index contributed by atoms with van der Waals surface area (Å²) in [6.07, 6.45) is 1.48. The molecular weight excluding hydrogens is 312 g/mol. The molecule has 1 N–H and O–H groups in total. The molecule has 3 heterocycles. The molecule has 1 aliphatic heterocycles. The molecule has 2 aromatic rings. The maximum atomic E-state index is 12.7. The molecule has 9 heteroatoms. The molecule has 2 unspecified atom stereocenters. The average Bonchev–Trinajstić information content (AvgIpc) is 2.94. The largest absolute Gasteiger partial charge is 0.336 e. The van der Waals surface area contributed by atoms with Gasteiger partial charge >= 0.3 is 5.69 Å². The third-order valence-corrected chi connectivity index (χ3v) is 4.85. The highest BCUT2D eigenvalue weighted by Crippen LogP contribution is 2.10. The van der Waals surface area contributed by atoms with Crippen LogP contribution < -0.4 is 16.6 Å². The van der Waals surface area contributed by atoms with Gasteiger partial charge < -0.3 is 14.8 Å². The second kappa shape index (κ2) is 5.90. The van der Waals surface area contributed by atoms with Crippen LogP contribution in [-0.4, -0.2) is 54.7 Å². The van der Waals surface area contributed by atoms with Crippen molar-refractivity contribution in [3.63, 3.8) is 0 Å². The van der Waals surface area contributed by atoms with E-state index in [0.29, 0.717) is 24.3 Å². The fraction of sp³-hybridized carbons (Fsp3) is 0.600. The third-order valence-electron chi connectivity index (χ3n) is 4.85. The molecule has 0 bridgehead atoms. The van der Waals surface area contributed by atoms with E-state index in [4.69, 9.17) is 0 Å². The van der Waals surface area contributed by atoms with Gasteiger partial charge in [0.05, 0.1) is 6.33 Å². The Kier molecular flexibility index (Phi) is 4.04. The third kappa shape index (κ3) is 2.44. The van der Waals surface area contributed by atoms with Gasteiger partial charge in [0.2, 0.25) is 5.91 Å². The predicted molar refractivity (Wildman–Crippen MR) is 88.9 cm³/mol. The highest BCUT2D eigenvalue weighted by Gasteiger charge is 2.29. The van der Waals surface area contributed by atoms with Crippen molar-refractivity contribution in [2.24, 2.45) is 14.1 Å². The first-order chi connectivity index (χ1) is 11.3. The molecule has 9 nitrogen and oxygen atoms in total. The van der Waals surface area contributed by atoms with E-state index in [1.165, 1.54) is 10.9 Å². The Balaban J connectivity index is 2.01. The maximum Gasteiger partial charge on any atom is 0.332 e. The zero-order chi connectivity index (χ0) is 17.6. The van der Waals surface area contributed by atoms with Crippen LogP contribution in [0.1, 0.15) is 13.8 Å². The van der Waals surface area contributed by atoms with Crippen molar-refractivity contribution in [3.05, 3.63) is 27.2 Å². The minimum absolute atomic E-state index is 0.00578. The second-order valence-corrected chi connectivity index (χ2v) is 6.33. The SMILES string of the molecule is CC1NCCN(C(=O)Cn2c(=O)c3c(ncn3C)n(C)c2=O)C1C. The van der Waals surface area contributed by atoms with Crippen LogP contribution in [0, 0.1) is 0 Å². The van der Waals surface area contributed by atoms with E-state index >= 15 is 0 Å². The summed E-state index contributed by atoms with van der Waals surface area (Å²) < 4.78 is 3.85.